The summed E-state index contributed by atoms with van der Waals surface area (Å²) in [5, 5.41) is 8.92. The lowest BCUT2D eigenvalue weighted by Crippen LogP contribution is -2.28. The quantitative estimate of drug-likeness (QED) is 0.721. The summed E-state index contributed by atoms with van der Waals surface area (Å²) in [4.78, 5) is 18.6. The second kappa shape index (κ2) is 4.41. The van der Waals surface area contributed by atoms with E-state index >= 15 is 0 Å². The zero-order valence-electron chi connectivity index (χ0n) is 11.4. The van der Waals surface area contributed by atoms with Crippen molar-refractivity contribution in [2.45, 2.75) is 12.8 Å². The van der Waals surface area contributed by atoms with Crippen molar-refractivity contribution >= 4 is 28.3 Å². The van der Waals surface area contributed by atoms with Gasteiger partial charge in [0.25, 0.3) is 5.91 Å². The molecule has 0 unspecified atom stereocenters. The normalized spacial score (nSPS) is 15.1. The van der Waals surface area contributed by atoms with Gasteiger partial charge in [-0.1, -0.05) is 17.3 Å². The Kier molecular flexibility index (Phi) is 2.53. The Labute approximate surface area is 120 Å². The number of carbonyl (C=O) groups excluding carboxylic acids is 1. The van der Waals surface area contributed by atoms with Crippen LogP contribution in [0.2, 0.25) is 0 Å². The number of hydrogen-bond acceptors (Lipinski definition) is 5. The van der Waals surface area contributed by atoms with Crippen molar-refractivity contribution in [1.82, 2.24) is 24.7 Å². The molecule has 1 aliphatic rings. The van der Waals surface area contributed by atoms with E-state index < -0.39 is 0 Å². The summed E-state index contributed by atoms with van der Waals surface area (Å²) in [6.07, 6.45) is 2.06. The molecule has 4 rings (SSSR count). The average Bonchev–Trinajstić information content (AvgIpc) is 3.16. The van der Waals surface area contributed by atoms with Gasteiger partial charge in [0, 0.05) is 18.5 Å². The van der Waals surface area contributed by atoms with Gasteiger partial charge in [-0.05, 0) is 25.0 Å². The molecule has 7 heteroatoms. The van der Waals surface area contributed by atoms with Gasteiger partial charge in [0.05, 0.1) is 5.52 Å². The number of anilines is 1. The number of aromatic nitrogens is 4. The first-order valence-electron chi connectivity index (χ1n) is 6.94. The lowest BCUT2D eigenvalue weighted by Gasteiger charge is -2.12. The average molecular weight is 282 g/mol. The minimum Gasteiger partial charge on any atom is -0.383 e. The third-order valence-electron chi connectivity index (χ3n) is 3.88. The summed E-state index contributed by atoms with van der Waals surface area (Å²) >= 11 is 0. The molecule has 7 nitrogen and oxygen atoms in total. The van der Waals surface area contributed by atoms with Crippen LogP contribution in [0, 0.1) is 0 Å². The van der Waals surface area contributed by atoms with E-state index in [-0.39, 0.29) is 11.6 Å². The Bertz CT molecular complexity index is 849. The number of amides is 1. The fourth-order valence-corrected chi connectivity index (χ4v) is 2.80. The van der Waals surface area contributed by atoms with Gasteiger partial charge in [0.1, 0.15) is 5.82 Å². The molecule has 1 fully saturated rings. The maximum atomic E-state index is 12.5. The number of para-hydroxylation sites is 1. The monoisotopic (exact) mass is 282 g/mol. The number of rotatable bonds is 1. The van der Waals surface area contributed by atoms with Crippen LogP contribution in [-0.2, 0) is 0 Å². The Morgan fingerprint density at radius 1 is 1.19 bits per heavy atom. The van der Waals surface area contributed by atoms with Crippen LogP contribution in [0.15, 0.2) is 24.3 Å². The lowest BCUT2D eigenvalue weighted by molar-refractivity contribution is 0.0788. The first kappa shape index (κ1) is 12.1. The number of nitrogen functional groups attached to an aromatic ring is 1. The third-order valence-corrected chi connectivity index (χ3v) is 3.88. The Balaban J connectivity index is 1.94. The molecule has 0 spiro atoms. The van der Waals surface area contributed by atoms with Crippen LogP contribution in [0.25, 0.3) is 16.6 Å². The molecule has 1 amide bonds. The van der Waals surface area contributed by atoms with E-state index in [1.165, 1.54) is 0 Å². The molecule has 2 aromatic heterocycles. The maximum absolute atomic E-state index is 12.5. The van der Waals surface area contributed by atoms with Crippen LogP contribution in [-0.4, -0.2) is 43.7 Å². The number of nitrogens with two attached hydrogens (primary N) is 1. The summed E-state index contributed by atoms with van der Waals surface area (Å²) in [7, 11) is 0. The Hall–Kier alpha value is -2.70. The van der Waals surface area contributed by atoms with E-state index in [1.54, 1.807) is 9.42 Å². The number of hydrogen-bond donors (Lipinski definition) is 1. The summed E-state index contributed by atoms with van der Waals surface area (Å²) in [5.41, 5.74) is 7.49. The number of benzene rings is 1. The zero-order chi connectivity index (χ0) is 14.4. The van der Waals surface area contributed by atoms with Crippen LogP contribution in [0.4, 0.5) is 5.82 Å². The molecule has 1 aliphatic heterocycles. The van der Waals surface area contributed by atoms with E-state index in [9.17, 15) is 4.79 Å². The number of fused-ring (bicyclic) bond motifs is 3. The van der Waals surface area contributed by atoms with Crippen molar-refractivity contribution in [3.63, 3.8) is 0 Å². The molecular weight excluding hydrogens is 268 g/mol. The van der Waals surface area contributed by atoms with Gasteiger partial charge in [-0.15, -0.1) is 5.10 Å². The van der Waals surface area contributed by atoms with Crippen molar-refractivity contribution in [2.75, 3.05) is 18.8 Å². The highest BCUT2D eigenvalue weighted by Crippen LogP contribution is 2.22. The lowest BCUT2D eigenvalue weighted by atomic mass is 10.2. The Morgan fingerprint density at radius 2 is 1.95 bits per heavy atom. The highest BCUT2D eigenvalue weighted by atomic mass is 16.2. The molecule has 2 N–H and O–H groups in total. The highest BCUT2D eigenvalue weighted by molar-refractivity contribution is 6.00. The number of carbonyl (C=O) groups is 1. The summed E-state index contributed by atoms with van der Waals surface area (Å²) < 4.78 is 1.58. The fourth-order valence-electron chi connectivity index (χ4n) is 2.80. The van der Waals surface area contributed by atoms with Crippen LogP contribution in [0.3, 0.4) is 0 Å². The predicted molar refractivity (Wildman–Crippen MR) is 77.8 cm³/mol. The first-order chi connectivity index (χ1) is 10.3. The highest BCUT2D eigenvalue weighted by Gasteiger charge is 2.25. The number of likely N-dealkylation sites (tertiary alicyclic amines) is 1. The second-order valence-corrected chi connectivity index (χ2v) is 5.19. The summed E-state index contributed by atoms with van der Waals surface area (Å²) in [5.74, 6) is 0.264. The fraction of sp³-hybridized carbons (Fsp3) is 0.286. The van der Waals surface area contributed by atoms with Gasteiger partial charge in [-0.3, -0.25) is 4.79 Å². The minimum atomic E-state index is -0.121. The molecule has 1 aromatic carbocycles. The smallest absolute Gasteiger partial charge is 0.278 e. The van der Waals surface area contributed by atoms with Gasteiger partial charge < -0.3 is 10.6 Å². The van der Waals surface area contributed by atoms with E-state index in [0.717, 1.165) is 36.8 Å². The maximum Gasteiger partial charge on any atom is 0.278 e. The van der Waals surface area contributed by atoms with Crippen molar-refractivity contribution in [2.24, 2.45) is 0 Å². The van der Waals surface area contributed by atoms with E-state index in [4.69, 9.17) is 5.73 Å². The van der Waals surface area contributed by atoms with E-state index in [2.05, 4.69) is 15.3 Å². The predicted octanol–water partition coefficient (Wildman–Crippen LogP) is 1.10. The zero-order valence-corrected chi connectivity index (χ0v) is 11.4. The SMILES string of the molecule is Nc1nc2c(C(=O)N3CCCC3)nnn2c2ccccc12. The molecule has 0 saturated carbocycles. The van der Waals surface area contributed by atoms with E-state index in [1.807, 2.05) is 24.3 Å². The van der Waals surface area contributed by atoms with Crippen LogP contribution in [0.5, 0.6) is 0 Å². The van der Waals surface area contributed by atoms with Gasteiger partial charge in [0.2, 0.25) is 0 Å². The molecule has 3 aromatic rings. The first-order valence-corrected chi connectivity index (χ1v) is 6.94. The topological polar surface area (TPSA) is 89.4 Å². The molecule has 0 aliphatic carbocycles. The molecule has 0 bridgehead atoms. The van der Waals surface area contributed by atoms with Gasteiger partial charge in [-0.2, -0.15) is 4.52 Å². The summed E-state index contributed by atoms with van der Waals surface area (Å²) in [6, 6.07) is 7.55. The Morgan fingerprint density at radius 3 is 2.76 bits per heavy atom. The van der Waals surface area contributed by atoms with Gasteiger partial charge >= 0.3 is 0 Å². The standard InChI is InChI=1S/C14H14N6O/c15-12-9-5-1-2-6-10(9)20-13(16-12)11(17-18-20)14(21)19-7-3-4-8-19/h1-2,5-6H,3-4,7-8H2,(H2,15,16). The van der Waals surface area contributed by atoms with Crippen LogP contribution < -0.4 is 5.73 Å². The van der Waals surface area contributed by atoms with Crippen LogP contribution >= 0.6 is 0 Å². The molecule has 0 radical (unpaired) electrons. The molecule has 21 heavy (non-hydrogen) atoms. The second-order valence-electron chi connectivity index (χ2n) is 5.19. The van der Waals surface area contributed by atoms with E-state index in [0.29, 0.717) is 11.5 Å². The van der Waals surface area contributed by atoms with Gasteiger partial charge in [-0.25, -0.2) is 4.98 Å². The number of nitrogens with zero attached hydrogens (tertiary/aromatic N) is 5. The molecule has 3 heterocycles. The van der Waals surface area contributed by atoms with Crippen LogP contribution in [0.1, 0.15) is 23.3 Å². The molecule has 106 valence electrons. The summed E-state index contributed by atoms with van der Waals surface area (Å²) in [6.45, 7) is 1.53. The van der Waals surface area contributed by atoms with Crippen molar-refractivity contribution < 1.29 is 4.79 Å². The third kappa shape index (κ3) is 1.74. The van der Waals surface area contributed by atoms with Crippen molar-refractivity contribution in [3.05, 3.63) is 30.0 Å². The molecule has 1 saturated heterocycles. The van der Waals surface area contributed by atoms with Gasteiger partial charge in [0.15, 0.2) is 11.3 Å². The minimum absolute atomic E-state index is 0.121. The largest absolute Gasteiger partial charge is 0.383 e. The molecule has 0 atom stereocenters. The molecular formula is C14H14N6O. The van der Waals surface area contributed by atoms with Crippen molar-refractivity contribution in [3.8, 4) is 0 Å². The van der Waals surface area contributed by atoms with Crippen molar-refractivity contribution in [1.29, 1.82) is 0 Å².